The van der Waals surface area contributed by atoms with Crippen molar-refractivity contribution in [3.05, 3.63) is 47.9 Å². The van der Waals surface area contributed by atoms with Gasteiger partial charge in [-0.3, -0.25) is 0 Å². The number of benzene rings is 1. The Labute approximate surface area is 137 Å². The van der Waals surface area contributed by atoms with Crippen molar-refractivity contribution in [2.45, 2.75) is 33.1 Å². The van der Waals surface area contributed by atoms with E-state index >= 15 is 0 Å². The normalized spacial score (nSPS) is 10.6. The first-order valence-electron chi connectivity index (χ1n) is 8.29. The first kappa shape index (κ1) is 17.2. The first-order chi connectivity index (χ1) is 11.2. The van der Waals surface area contributed by atoms with E-state index in [1.54, 1.807) is 18.3 Å². The van der Waals surface area contributed by atoms with Crippen molar-refractivity contribution in [1.82, 2.24) is 9.97 Å². The fourth-order valence-corrected chi connectivity index (χ4v) is 2.46. The standard InChI is InChI=1S/C18H25FN4/c1-3-13-23(14-4-2)17-10-12-21-18(22-17)20-11-9-15-5-7-16(19)8-6-15/h5-8,10,12H,3-4,9,11,13-14H2,1-2H3,(H,20,21,22). The van der Waals surface area contributed by atoms with Gasteiger partial charge in [-0.05, 0) is 43.0 Å². The van der Waals surface area contributed by atoms with Crippen molar-refractivity contribution in [1.29, 1.82) is 0 Å². The Morgan fingerprint density at radius 2 is 1.74 bits per heavy atom. The highest BCUT2D eigenvalue weighted by atomic mass is 19.1. The molecule has 0 aliphatic rings. The molecular formula is C18H25FN4. The predicted octanol–water partition coefficient (Wildman–Crippen LogP) is 3.90. The van der Waals surface area contributed by atoms with Crippen molar-refractivity contribution in [2.75, 3.05) is 29.9 Å². The van der Waals surface area contributed by atoms with Gasteiger partial charge in [0.25, 0.3) is 0 Å². The smallest absolute Gasteiger partial charge is 0.224 e. The Kier molecular flexibility index (Phi) is 6.78. The number of hydrogen-bond acceptors (Lipinski definition) is 4. The van der Waals surface area contributed by atoms with Crippen LogP contribution in [0.4, 0.5) is 16.2 Å². The summed E-state index contributed by atoms with van der Waals surface area (Å²) in [7, 11) is 0. The molecule has 124 valence electrons. The minimum Gasteiger partial charge on any atom is -0.356 e. The van der Waals surface area contributed by atoms with Gasteiger partial charge in [0, 0.05) is 25.8 Å². The van der Waals surface area contributed by atoms with Gasteiger partial charge in [0.05, 0.1) is 0 Å². The van der Waals surface area contributed by atoms with Crippen LogP contribution in [0.2, 0.25) is 0 Å². The summed E-state index contributed by atoms with van der Waals surface area (Å²) < 4.78 is 12.9. The molecule has 5 heteroatoms. The van der Waals surface area contributed by atoms with Gasteiger partial charge in [-0.2, -0.15) is 4.98 Å². The summed E-state index contributed by atoms with van der Waals surface area (Å²) in [5.74, 6) is 1.40. The summed E-state index contributed by atoms with van der Waals surface area (Å²) in [4.78, 5) is 11.2. The molecule has 0 aliphatic heterocycles. The second-order valence-corrected chi connectivity index (χ2v) is 5.53. The summed E-state index contributed by atoms with van der Waals surface area (Å²) in [6, 6.07) is 8.53. The zero-order chi connectivity index (χ0) is 16.5. The molecule has 1 heterocycles. The molecule has 0 aliphatic carbocycles. The molecule has 4 nitrogen and oxygen atoms in total. The lowest BCUT2D eigenvalue weighted by atomic mass is 10.1. The molecule has 0 saturated carbocycles. The summed E-state index contributed by atoms with van der Waals surface area (Å²) in [5.41, 5.74) is 1.09. The van der Waals surface area contributed by atoms with Crippen LogP contribution in [0.3, 0.4) is 0 Å². The number of nitrogens with zero attached hydrogens (tertiary/aromatic N) is 3. The third kappa shape index (κ3) is 5.51. The summed E-state index contributed by atoms with van der Waals surface area (Å²) in [5, 5.41) is 3.24. The Bertz CT molecular complexity index is 580. The molecule has 0 bridgehead atoms. The lowest BCUT2D eigenvalue weighted by molar-refractivity contribution is 0.627. The Morgan fingerprint density at radius 1 is 1.04 bits per heavy atom. The van der Waals surface area contributed by atoms with Gasteiger partial charge in [0.15, 0.2) is 0 Å². The van der Waals surface area contributed by atoms with E-state index in [-0.39, 0.29) is 5.82 Å². The predicted molar refractivity (Wildman–Crippen MR) is 93.4 cm³/mol. The van der Waals surface area contributed by atoms with Crippen LogP contribution in [-0.2, 0) is 6.42 Å². The average Bonchev–Trinajstić information content (AvgIpc) is 2.57. The molecule has 1 aromatic carbocycles. The molecule has 0 radical (unpaired) electrons. The van der Waals surface area contributed by atoms with Crippen LogP contribution in [0.15, 0.2) is 36.5 Å². The van der Waals surface area contributed by atoms with Gasteiger partial charge in [-0.25, -0.2) is 9.37 Å². The lowest BCUT2D eigenvalue weighted by Gasteiger charge is -2.22. The van der Waals surface area contributed by atoms with E-state index in [0.29, 0.717) is 5.95 Å². The third-order valence-corrected chi connectivity index (χ3v) is 3.56. The van der Waals surface area contributed by atoms with Crippen molar-refractivity contribution >= 4 is 11.8 Å². The fraction of sp³-hybridized carbons (Fsp3) is 0.444. The maximum atomic E-state index is 12.9. The van der Waals surface area contributed by atoms with Crippen LogP contribution in [0, 0.1) is 5.82 Å². The summed E-state index contributed by atoms with van der Waals surface area (Å²) in [6.07, 6.45) is 4.79. The van der Waals surface area contributed by atoms with Gasteiger partial charge >= 0.3 is 0 Å². The number of aromatic nitrogens is 2. The van der Waals surface area contributed by atoms with E-state index in [4.69, 9.17) is 0 Å². The quantitative estimate of drug-likeness (QED) is 0.762. The summed E-state index contributed by atoms with van der Waals surface area (Å²) >= 11 is 0. The van der Waals surface area contributed by atoms with Crippen LogP contribution in [0.1, 0.15) is 32.3 Å². The molecular weight excluding hydrogens is 291 g/mol. The molecule has 0 saturated heterocycles. The molecule has 0 amide bonds. The molecule has 23 heavy (non-hydrogen) atoms. The van der Waals surface area contributed by atoms with Crippen LogP contribution in [0.5, 0.6) is 0 Å². The molecule has 0 spiro atoms. The minimum atomic E-state index is -0.204. The highest BCUT2D eigenvalue weighted by molar-refractivity contribution is 5.42. The van der Waals surface area contributed by atoms with Gasteiger partial charge in [-0.15, -0.1) is 0 Å². The molecule has 0 fully saturated rings. The Hall–Kier alpha value is -2.17. The van der Waals surface area contributed by atoms with Crippen molar-refractivity contribution in [2.24, 2.45) is 0 Å². The van der Waals surface area contributed by atoms with Crippen molar-refractivity contribution in [3.8, 4) is 0 Å². The average molecular weight is 316 g/mol. The van der Waals surface area contributed by atoms with Crippen molar-refractivity contribution < 1.29 is 4.39 Å². The van der Waals surface area contributed by atoms with Gasteiger partial charge < -0.3 is 10.2 Å². The van der Waals surface area contributed by atoms with Crippen LogP contribution < -0.4 is 10.2 Å². The second kappa shape index (κ2) is 9.08. The van der Waals surface area contributed by atoms with E-state index in [1.165, 1.54) is 12.1 Å². The van der Waals surface area contributed by atoms with E-state index in [2.05, 4.69) is 34.0 Å². The zero-order valence-electron chi connectivity index (χ0n) is 13.9. The maximum absolute atomic E-state index is 12.9. The first-order valence-corrected chi connectivity index (χ1v) is 8.29. The minimum absolute atomic E-state index is 0.204. The molecule has 1 aromatic heterocycles. The molecule has 0 atom stereocenters. The SMILES string of the molecule is CCCN(CCC)c1ccnc(NCCc2ccc(F)cc2)n1. The zero-order valence-corrected chi connectivity index (χ0v) is 13.9. The van der Waals surface area contributed by atoms with Crippen molar-refractivity contribution in [3.63, 3.8) is 0 Å². The monoisotopic (exact) mass is 316 g/mol. The third-order valence-electron chi connectivity index (χ3n) is 3.56. The topological polar surface area (TPSA) is 41.1 Å². The number of hydrogen-bond donors (Lipinski definition) is 1. The maximum Gasteiger partial charge on any atom is 0.224 e. The van der Waals surface area contributed by atoms with E-state index in [0.717, 1.165) is 50.3 Å². The number of rotatable bonds is 9. The van der Waals surface area contributed by atoms with E-state index in [9.17, 15) is 4.39 Å². The molecule has 2 rings (SSSR count). The van der Waals surface area contributed by atoms with Crippen LogP contribution in [0.25, 0.3) is 0 Å². The van der Waals surface area contributed by atoms with Gasteiger partial charge in [0.1, 0.15) is 11.6 Å². The highest BCUT2D eigenvalue weighted by Crippen LogP contribution is 2.13. The second-order valence-electron chi connectivity index (χ2n) is 5.53. The van der Waals surface area contributed by atoms with Gasteiger partial charge in [-0.1, -0.05) is 26.0 Å². The summed E-state index contributed by atoms with van der Waals surface area (Å²) in [6.45, 7) is 7.06. The Morgan fingerprint density at radius 3 is 2.39 bits per heavy atom. The van der Waals surface area contributed by atoms with Crippen LogP contribution in [-0.4, -0.2) is 29.6 Å². The van der Waals surface area contributed by atoms with E-state index < -0.39 is 0 Å². The highest BCUT2D eigenvalue weighted by Gasteiger charge is 2.07. The largest absolute Gasteiger partial charge is 0.356 e. The van der Waals surface area contributed by atoms with E-state index in [1.807, 2.05) is 6.07 Å². The fourth-order valence-electron chi connectivity index (χ4n) is 2.46. The Balaban J connectivity index is 1.92. The lowest BCUT2D eigenvalue weighted by Crippen LogP contribution is -2.26. The number of halogens is 1. The number of anilines is 2. The van der Waals surface area contributed by atoms with Gasteiger partial charge in [0.2, 0.25) is 5.95 Å². The molecule has 0 unspecified atom stereocenters. The van der Waals surface area contributed by atoms with Crippen LogP contribution >= 0.6 is 0 Å². The molecule has 2 aromatic rings. The molecule has 1 N–H and O–H groups in total. The number of nitrogens with one attached hydrogen (secondary N) is 1.